The maximum absolute atomic E-state index is 13.1. The summed E-state index contributed by atoms with van der Waals surface area (Å²) in [5.74, 6) is 0.630. The number of anilines is 1. The average Bonchev–Trinajstić information content (AvgIpc) is 2.82. The summed E-state index contributed by atoms with van der Waals surface area (Å²) < 4.78 is 5.24. The van der Waals surface area contributed by atoms with Crippen LogP contribution < -0.4 is 10.5 Å². The van der Waals surface area contributed by atoms with E-state index in [1.54, 1.807) is 13.2 Å². The number of nitrogens with zero attached hydrogens (tertiary/aromatic N) is 4. The smallest absolute Gasteiger partial charge is 0.258 e. The van der Waals surface area contributed by atoms with Crippen LogP contribution >= 0.6 is 0 Å². The first-order valence-corrected chi connectivity index (χ1v) is 11.3. The fourth-order valence-electron chi connectivity index (χ4n) is 4.19. The van der Waals surface area contributed by atoms with Gasteiger partial charge in [0.15, 0.2) is 0 Å². The second-order valence-electron chi connectivity index (χ2n) is 8.44. The monoisotopic (exact) mass is 449 g/mol. The van der Waals surface area contributed by atoms with Gasteiger partial charge in [0.2, 0.25) is 5.91 Å². The molecule has 4 rings (SSSR count). The predicted molar refractivity (Wildman–Crippen MR) is 129 cm³/mol. The molecule has 0 aliphatic carbocycles. The van der Waals surface area contributed by atoms with Crippen molar-refractivity contribution in [2.75, 3.05) is 57.9 Å². The summed E-state index contributed by atoms with van der Waals surface area (Å²) >= 11 is 0. The first kappa shape index (κ1) is 22.9. The van der Waals surface area contributed by atoms with E-state index < -0.39 is 0 Å². The van der Waals surface area contributed by atoms with E-state index in [1.165, 1.54) is 11.3 Å². The van der Waals surface area contributed by atoms with Gasteiger partial charge in [-0.25, -0.2) is 4.98 Å². The third kappa shape index (κ3) is 5.77. The van der Waals surface area contributed by atoms with E-state index in [-0.39, 0.29) is 18.0 Å². The van der Waals surface area contributed by atoms with Gasteiger partial charge in [-0.15, -0.1) is 0 Å². The number of benzene rings is 2. The van der Waals surface area contributed by atoms with Crippen molar-refractivity contribution < 1.29 is 9.53 Å². The van der Waals surface area contributed by atoms with Crippen LogP contribution in [0, 0.1) is 6.92 Å². The highest BCUT2D eigenvalue weighted by Gasteiger charge is 2.23. The van der Waals surface area contributed by atoms with Gasteiger partial charge in [0.05, 0.1) is 30.6 Å². The first-order chi connectivity index (χ1) is 16.0. The van der Waals surface area contributed by atoms with Gasteiger partial charge in [0, 0.05) is 45.5 Å². The Morgan fingerprint density at radius 2 is 1.91 bits per heavy atom. The minimum Gasteiger partial charge on any atom is -0.383 e. The SMILES string of the molecule is COCCN(CC(=O)N1CCN(c2cccc(C)c2)CC1)Cc1nc2ccccc2c(=O)[nH]1. The number of aryl methyl sites for hydroxylation is 1. The van der Waals surface area contributed by atoms with E-state index in [2.05, 4.69) is 46.1 Å². The summed E-state index contributed by atoms with van der Waals surface area (Å²) in [5.41, 5.74) is 2.93. The number of ether oxygens (including phenoxy) is 1. The Hall–Kier alpha value is -3.23. The molecular weight excluding hydrogens is 418 g/mol. The quantitative estimate of drug-likeness (QED) is 0.567. The third-order valence-corrected chi connectivity index (χ3v) is 6.00. The molecule has 1 aromatic heterocycles. The Balaban J connectivity index is 1.39. The Morgan fingerprint density at radius 3 is 2.67 bits per heavy atom. The summed E-state index contributed by atoms with van der Waals surface area (Å²) in [6.07, 6.45) is 0. The Labute approximate surface area is 193 Å². The van der Waals surface area contributed by atoms with Crippen LogP contribution in [0.2, 0.25) is 0 Å². The molecule has 0 saturated carbocycles. The number of amides is 1. The van der Waals surface area contributed by atoms with Crippen LogP contribution in [0.4, 0.5) is 5.69 Å². The minimum absolute atomic E-state index is 0.0816. The molecule has 0 atom stereocenters. The van der Waals surface area contributed by atoms with E-state index in [9.17, 15) is 9.59 Å². The molecule has 1 aliphatic heterocycles. The maximum atomic E-state index is 13.1. The number of carbonyl (C=O) groups is 1. The molecule has 8 nitrogen and oxygen atoms in total. The molecular formula is C25H31N5O3. The molecule has 1 N–H and O–H groups in total. The molecule has 1 amide bonds. The fourth-order valence-corrected chi connectivity index (χ4v) is 4.19. The van der Waals surface area contributed by atoms with Crippen LogP contribution in [0.25, 0.3) is 10.9 Å². The number of hydrogen-bond donors (Lipinski definition) is 1. The normalized spacial score (nSPS) is 14.3. The average molecular weight is 450 g/mol. The van der Waals surface area contributed by atoms with Crippen molar-refractivity contribution in [2.24, 2.45) is 0 Å². The lowest BCUT2D eigenvalue weighted by Crippen LogP contribution is -2.51. The Bertz CT molecular complexity index is 1150. The number of hydrogen-bond acceptors (Lipinski definition) is 6. The highest BCUT2D eigenvalue weighted by molar-refractivity contribution is 5.79. The van der Waals surface area contributed by atoms with Crippen LogP contribution in [0.5, 0.6) is 0 Å². The van der Waals surface area contributed by atoms with E-state index in [0.29, 0.717) is 49.5 Å². The van der Waals surface area contributed by atoms with Crippen molar-refractivity contribution >= 4 is 22.5 Å². The Morgan fingerprint density at radius 1 is 1.12 bits per heavy atom. The van der Waals surface area contributed by atoms with Gasteiger partial charge in [-0.3, -0.25) is 14.5 Å². The van der Waals surface area contributed by atoms with Crippen LogP contribution in [0.15, 0.2) is 53.3 Å². The fraction of sp³-hybridized carbons (Fsp3) is 0.400. The van der Waals surface area contributed by atoms with Crippen LogP contribution in [-0.4, -0.2) is 78.7 Å². The lowest BCUT2D eigenvalue weighted by Gasteiger charge is -2.37. The molecule has 0 unspecified atom stereocenters. The van der Waals surface area contributed by atoms with Gasteiger partial charge < -0.3 is 19.5 Å². The number of aromatic amines is 1. The molecule has 2 aromatic carbocycles. The molecule has 1 fully saturated rings. The second kappa shape index (κ2) is 10.6. The number of fused-ring (bicyclic) bond motifs is 1. The van der Waals surface area contributed by atoms with Crippen molar-refractivity contribution in [1.82, 2.24) is 19.8 Å². The van der Waals surface area contributed by atoms with E-state index >= 15 is 0 Å². The first-order valence-electron chi connectivity index (χ1n) is 11.3. The van der Waals surface area contributed by atoms with Gasteiger partial charge in [-0.2, -0.15) is 0 Å². The summed E-state index contributed by atoms with van der Waals surface area (Å²) in [6.45, 7) is 6.79. The number of piperazine rings is 1. The molecule has 33 heavy (non-hydrogen) atoms. The molecule has 2 heterocycles. The topological polar surface area (TPSA) is 81.8 Å². The van der Waals surface area contributed by atoms with Gasteiger partial charge in [-0.1, -0.05) is 24.3 Å². The highest BCUT2D eigenvalue weighted by Crippen LogP contribution is 2.18. The summed E-state index contributed by atoms with van der Waals surface area (Å²) in [4.78, 5) is 39.1. The second-order valence-corrected chi connectivity index (χ2v) is 8.44. The van der Waals surface area contributed by atoms with E-state index in [0.717, 1.165) is 13.1 Å². The third-order valence-electron chi connectivity index (χ3n) is 6.00. The molecule has 8 heteroatoms. The molecule has 1 aliphatic rings. The molecule has 3 aromatic rings. The molecule has 0 spiro atoms. The van der Waals surface area contributed by atoms with Crippen molar-refractivity contribution in [1.29, 1.82) is 0 Å². The van der Waals surface area contributed by atoms with Crippen molar-refractivity contribution in [2.45, 2.75) is 13.5 Å². The van der Waals surface area contributed by atoms with Crippen LogP contribution in [-0.2, 0) is 16.1 Å². The van der Waals surface area contributed by atoms with Crippen LogP contribution in [0.3, 0.4) is 0 Å². The summed E-state index contributed by atoms with van der Waals surface area (Å²) in [6, 6.07) is 15.7. The largest absolute Gasteiger partial charge is 0.383 e. The van der Waals surface area contributed by atoms with Crippen molar-refractivity contribution in [3.8, 4) is 0 Å². The standard InChI is InChI=1S/C25H31N5O3/c1-19-6-5-7-20(16-19)29-10-12-30(13-11-29)24(31)18-28(14-15-33-2)17-23-26-22-9-4-3-8-21(22)25(32)27-23/h3-9,16H,10-15,17-18H2,1-2H3,(H,26,27,32). The highest BCUT2D eigenvalue weighted by atomic mass is 16.5. The predicted octanol–water partition coefficient (Wildman–Crippen LogP) is 2.03. The van der Waals surface area contributed by atoms with E-state index in [4.69, 9.17) is 4.74 Å². The minimum atomic E-state index is -0.166. The van der Waals surface area contributed by atoms with Crippen molar-refractivity contribution in [3.05, 3.63) is 70.3 Å². The van der Waals surface area contributed by atoms with E-state index in [1.807, 2.05) is 28.0 Å². The Kier molecular flexibility index (Phi) is 7.36. The number of nitrogens with one attached hydrogen (secondary N) is 1. The zero-order chi connectivity index (χ0) is 23.2. The lowest BCUT2D eigenvalue weighted by atomic mass is 10.2. The summed E-state index contributed by atoms with van der Waals surface area (Å²) in [5, 5.41) is 0.562. The van der Waals surface area contributed by atoms with Crippen molar-refractivity contribution in [3.63, 3.8) is 0 Å². The van der Waals surface area contributed by atoms with Crippen LogP contribution in [0.1, 0.15) is 11.4 Å². The zero-order valence-electron chi connectivity index (χ0n) is 19.3. The van der Waals surface area contributed by atoms with Gasteiger partial charge in [0.1, 0.15) is 5.82 Å². The number of rotatable bonds is 8. The van der Waals surface area contributed by atoms with Gasteiger partial charge in [0.25, 0.3) is 5.56 Å². The number of H-pyrrole nitrogens is 1. The zero-order valence-corrected chi connectivity index (χ0v) is 19.3. The number of methoxy groups -OCH3 is 1. The molecule has 1 saturated heterocycles. The maximum Gasteiger partial charge on any atom is 0.258 e. The lowest BCUT2D eigenvalue weighted by molar-refractivity contribution is -0.133. The molecule has 174 valence electrons. The number of para-hydroxylation sites is 1. The molecule has 0 radical (unpaired) electrons. The molecule has 0 bridgehead atoms. The number of aromatic nitrogens is 2. The summed E-state index contributed by atoms with van der Waals surface area (Å²) in [7, 11) is 1.64. The number of carbonyl (C=O) groups excluding carboxylic acids is 1. The van der Waals surface area contributed by atoms with Gasteiger partial charge >= 0.3 is 0 Å². The van der Waals surface area contributed by atoms with Gasteiger partial charge in [-0.05, 0) is 36.8 Å².